The third-order valence-corrected chi connectivity index (χ3v) is 3.50. The van der Waals surface area contributed by atoms with Gasteiger partial charge in [0.1, 0.15) is 16.0 Å². The first-order chi connectivity index (χ1) is 8.47. The summed E-state index contributed by atoms with van der Waals surface area (Å²) in [5.41, 5.74) is 3.03. The standard InChI is InChI=1S/C10H11Br2N3O2S/c1-2-13-10(18)15-14-4-5-3-6(11)9(17)7(12)8(5)16/h3-4,16-17H,2H2,1H3,(H2,13,15,18)/b14-4-. The molecule has 1 aromatic rings. The number of nitrogens with one attached hydrogen (secondary N) is 2. The molecule has 0 saturated carbocycles. The van der Waals surface area contributed by atoms with Crippen molar-refractivity contribution >= 4 is 55.4 Å². The van der Waals surface area contributed by atoms with E-state index in [1.807, 2.05) is 6.92 Å². The molecule has 0 bridgehead atoms. The number of nitrogens with zero attached hydrogens (tertiary/aromatic N) is 1. The Bertz CT molecular complexity index is 495. The number of phenols is 2. The molecule has 0 aliphatic carbocycles. The molecule has 0 aromatic heterocycles. The van der Waals surface area contributed by atoms with Crippen LogP contribution in [0.15, 0.2) is 20.1 Å². The number of hydrogen-bond acceptors (Lipinski definition) is 4. The van der Waals surface area contributed by atoms with Crippen LogP contribution in [0.4, 0.5) is 0 Å². The lowest BCUT2D eigenvalue weighted by atomic mass is 10.2. The van der Waals surface area contributed by atoms with Crippen molar-refractivity contribution in [3.63, 3.8) is 0 Å². The zero-order chi connectivity index (χ0) is 13.7. The van der Waals surface area contributed by atoms with E-state index < -0.39 is 0 Å². The molecule has 0 amide bonds. The number of hydrogen-bond donors (Lipinski definition) is 4. The van der Waals surface area contributed by atoms with Gasteiger partial charge in [-0.3, -0.25) is 5.43 Å². The predicted molar refractivity (Wildman–Crippen MR) is 82.2 cm³/mol. The predicted octanol–water partition coefficient (Wildman–Crippen LogP) is 2.44. The molecule has 1 rings (SSSR count). The van der Waals surface area contributed by atoms with Crippen molar-refractivity contribution < 1.29 is 10.2 Å². The van der Waals surface area contributed by atoms with E-state index >= 15 is 0 Å². The van der Waals surface area contributed by atoms with Gasteiger partial charge in [-0.1, -0.05) is 0 Å². The summed E-state index contributed by atoms with van der Waals surface area (Å²) in [6, 6.07) is 1.54. The van der Waals surface area contributed by atoms with Crippen LogP contribution < -0.4 is 10.7 Å². The second-order valence-corrected chi connectivity index (χ2v) is 5.24. The zero-order valence-electron chi connectivity index (χ0n) is 9.37. The molecule has 4 N–H and O–H groups in total. The summed E-state index contributed by atoms with van der Waals surface area (Å²) in [6.07, 6.45) is 1.40. The molecule has 0 saturated heterocycles. The molecular formula is C10H11Br2N3O2S. The average Bonchev–Trinajstić information content (AvgIpc) is 2.33. The van der Waals surface area contributed by atoms with Crippen LogP contribution in [0.1, 0.15) is 12.5 Å². The number of hydrazone groups is 1. The molecule has 0 unspecified atom stereocenters. The summed E-state index contributed by atoms with van der Waals surface area (Å²) in [6.45, 7) is 2.61. The number of benzene rings is 1. The van der Waals surface area contributed by atoms with Crippen LogP contribution in [0.5, 0.6) is 11.5 Å². The van der Waals surface area contributed by atoms with Crippen molar-refractivity contribution in [3.8, 4) is 11.5 Å². The summed E-state index contributed by atoms with van der Waals surface area (Å²) in [5.74, 6) is -0.170. The second kappa shape index (κ2) is 6.91. The molecular weight excluding hydrogens is 386 g/mol. The van der Waals surface area contributed by atoms with Gasteiger partial charge in [-0.2, -0.15) is 5.10 Å². The van der Waals surface area contributed by atoms with Gasteiger partial charge in [-0.25, -0.2) is 0 Å². The normalized spacial score (nSPS) is 10.6. The molecule has 0 aliphatic rings. The maximum Gasteiger partial charge on any atom is 0.186 e. The quantitative estimate of drug-likeness (QED) is 0.358. The minimum Gasteiger partial charge on any atom is -0.506 e. The van der Waals surface area contributed by atoms with Crippen LogP contribution >= 0.6 is 44.1 Å². The highest BCUT2D eigenvalue weighted by Crippen LogP contribution is 2.40. The summed E-state index contributed by atoms with van der Waals surface area (Å²) in [4.78, 5) is 0. The van der Waals surface area contributed by atoms with Crippen LogP contribution in [0, 0.1) is 0 Å². The van der Waals surface area contributed by atoms with Crippen molar-refractivity contribution in [2.45, 2.75) is 6.92 Å². The van der Waals surface area contributed by atoms with Gasteiger partial charge in [0.2, 0.25) is 0 Å². The summed E-state index contributed by atoms with van der Waals surface area (Å²) in [7, 11) is 0. The van der Waals surface area contributed by atoms with Crippen LogP contribution in [-0.2, 0) is 0 Å². The molecule has 5 nitrogen and oxygen atoms in total. The Labute approximate surface area is 127 Å². The smallest absolute Gasteiger partial charge is 0.186 e. The van der Waals surface area contributed by atoms with E-state index in [1.54, 1.807) is 0 Å². The lowest BCUT2D eigenvalue weighted by Gasteiger charge is -2.07. The molecule has 18 heavy (non-hydrogen) atoms. The molecule has 0 atom stereocenters. The van der Waals surface area contributed by atoms with Gasteiger partial charge >= 0.3 is 0 Å². The maximum atomic E-state index is 9.78. The largest absolute Gasteiger partial charge is 0.506 e. The van der Waals surface area contributed by atoms with E-state index in [-0.39, 0.29) is 16.0 Å². The fraction of sp³-hybridized carbons (Fsp3) is 0.200. The van der Waals surface area contributed by atoms with Gasteiger partial charge in [-0.05, 0) is 57.1 Å². The molecule has 0 fully saturated rings. The van der Waals surface area contributed by atoms with Crippen LogP contribution in [0.3, 0.4) is 0 Å². The van der Waals surface area contributed by atoms with E-state index in [1.165, 1.54) is 12.3 Å². The average molecular weight is 397 g/mol. The first-order valence-corrected chi connectivity index (χ1v) is 6.93. The third kappa shape index (κ3) is 3.82. The van der Waals surface area contributed by atoms with E-state index in [0.29, 0.717) is 21.7 Å². The molecule has 1 aromatic carbocycles. The number of phenolic OH excluding ortho intramolecular Hbond substituents is 2. The van der Waals surface area contributed by atoms with E-state index in [9.17, 15) is 10.2 Å². The Morgan fingerprint density at radius 2 is 2.11 bits per heavy atom. The number of rotatable bonds is 3. The summed E-state index contributed by atoms with van der Waals surface area (Å²) < 4.78 is 0.649. The Kier molecular flexibility index (Phi) is 5.83. The van der Waals surface area contributed by atoms with Gasteiger partial charge in [0, 0.05) is 12.1 Å². The Balaban J connectivity index is 2.85. The third-order valence-electron chi connectivity index (χ3n) is 1.90. The monoisotopic (exact) mass is 395 g/mol. The first kappa shape index (κ1) is 15.2. The molecule has 8 heteroatoms. The van der Waals surface area contributed by atoms with Crippen LogP contribution in [0.25, 0.3) is 0 Å². The van der Waals surface area contributed by atoms with Gasteiger partial charge in [-0.15, -0.1) is 0 Å². The Hall–Kier alpha value is -0.860. The van der Waals surface area contributed by atoms with E-state index in [4.69, 9.17) is 12.2 Å². The summed E-state index contributed by atoms with van der Waals surface area (Å²) in [5, 5.41) is 26.5. The van der Waals surface area contributed by atoms with Gasteiger partial charge in [0.05, 0.1) is 10.7 Å². The topological polar surface area (TPSA) is 76.9 Å². The second-order valence-electron chi connectivity index (χ2n) is 3.19. The minimum absolute atomic E-state index is 0.0687. The van der Waals surface area contributed by atoms with Crippen LogP contribution in [0.2, 0.25) is 0 Å². The van der Waals surface area contributed by atoms with Crippen LogP contribution in [-0.4, -0.2) is 28.1 Å². The molecule has 0 heterocycles. The fourth-order valence-corrected chi connectivity index (χ4v) is 2.43. The molecule has 0 spiro atoms. The summed E-state index contributed by atoms with van der Waals surface area (Å²) >= 11 is 11.2. The highest BCUT2D eigenvalue weighted by Gasteiger charge is 2.12. The zero-order valence-corrected chi connectivity index (χ0v) is 13.4. The molecule has 0 aliphatic heterocycles. The van der Waals surface area contributed by atoms with Crippen molar-refractivity contribution in [3.05, 3.63) is 20.6 Å². The van der Waals surface area contributed by atoms with Crippen molar-refractivity contribution in [2.75, 3.05) is 6.54 Å². The van der Waals surface area contributed by atoms with Crippen molar-refractivity contribution in [1.29, 1.82) is 0 Å². The Morgan fingerprint density at radius 3 is 2.72 bits per heavy atom. The molecule has 0 radical (unpaired) electrons. The van der Waals surface area contributed by atoms with Gasteiger partial charge < -0.3 is 15.5 Å². The minimum atomic E-state index is -0.101. The molecule has 98 valence electrons. The number of halogens is 2. The SMILES string of the molecule is CCNC(=S)N/N=C\c1cc(Br)c(O)c(Br)c1O. The highest BCUT2D eigenvalue weighted by atomic mass is 79.9. The fourth-order valence-electron chi connectivity index (χ4n) is 1.08. The van der Waals surface area contributed by atoms with Gasteiger partial charge in [0.15, 0.2) is 5.11 Å². The van der Waals surface area contributed by atoms with Crippen molar-refractivity contribution in [2.24, 2.45) is 5.10 Å². The number of thiocarbonyl (C=S) groups is 1. The first-order valence-electron chi connectivity index (χ1n) is 4.94. The van der Waals surface area contributed by atoms with E-state index in [2.05, 4.69) is 47.7 Å². The lowest BCUT2D eigenvalue weighted by molar-refractivity contribution is 0.442. The number of aromatic hydroxyl groups is 2. The lowest BCUT2D eigenvalue weighted by Crippen LogP contribution is -2.31. The maximum absolute atomic E-state index is 9.78. The van der Waals surface area contributed by atoms with Crippen molar-refractivity contribution in [1.82, 2.24) is 10.7 Å². The van der Waals surface area contributed by atoms with E-state index in [0.717, 1.165) is 0 Å². The Morgan fingerprint density at radius 1 is 1.44 bits per heavy atom. The highest BCUT2D eigenvalue weighted by molar-refractivity contribution is 9.11. The van der Waals surface area contributed by atoms with Gasteiger partial charge in [0.25, 0.3) is 0 Å².